The molecule has 0 saturated carbocycles. The first-order chi connectivity index (χ1) is 13.1. The molecule has 27 heavy (non-hydrogen) atoms. The molecule has 0 amide bonds. The number of rotatable bonds is 4. The lowest BCUT2D eigenvalue weighted by atomic mass is 10.1. The van der Waals surface area contributed by atoms with Crippen molar-refractivity contribution in [2.24, 2.45) is 0 Å². The van der Waals surface area contributed by atoms with Crippen LogP contribution in [0.3, 0.4) is 0 Å². The first-order valence-electron chi connectivity index (χ1n) is 8.61. The van der Waals surface area contributed by atoms with Crippen LogP contribution in [0.5, 0.6) is 0 Å². The first kappa shape index (κ1) is 17.8. The van der Waals surface area contributed by atoms with E-state index in [2.05, 4.69) is 30.2 Å². The lowest BCUT2D eigenvalue weighted by Crippen LogP contribution is -2.37. The zero-order chi connectivity index (χ0) is 18.8. The molecule has 0 radical (unpaired) electrons. The fourth-order valence-electron chi connectivity index (χ4n) is 3.09. The Hall–Kier alpha value is -2.58. The van der Waals surface area contributed by atoms with E-state index >= 15 is 0 Å². The van der Waals surface area contributed by atoms with Crippen LogP contribution in [0.1, 0.15) is 12.8 Å². The number of hydrogen-bond acceptors (Lipinski definition) is 7. The van der Waals surface area contributed by atoms with E-state index in [4.69, 9.17) is 16.3 Å². The Bertz CT molecular complexity index is 964. The molecule has 0 aliphatic carbocycles. The van der Waals surface area contributed by atoms with Crippen LogP contribution in [0, 0.1) is 5.82 Å². The molecule has 1 aliphatic rings. The van der Waals surface area contributed by atoms with Gasteiger partial charge in [-0.3, -0.25) is 0 Å². The van der Waals surface area contributed by atoms with E-state index in [0.717, 1.165) is 25.9 Å². The summed E-state index contributed by atoms with van der Waals surface area (Å²) in [7, 11) is 1.74. The summed E-state index contributed by atoms with van der Waals surface area (Å²) in [5.41, 5.74) is 1.83. The number of benzene rings is 1. The molecule has 0 atom stereocenters. The molecule has 2 aromatic heterocycles. The highest BCUT2D eigenvalue weighted by Gasteiger charge is 2.21. The number of ether oxygens (including phenoxy) is 1. The lowest BCUT2D eigenvalue weighted by molar-refractivity contribution is 0.0817. The summed E-state index contributed by atoms with van der Waals surface area (Å²) in [6, 6.07) is 4.39. The van der Waals surface area contributed by atoms with Gasteiger partial charge in [-0.25, -0.2) is 24.3 Å². The summed E-state index contributed by atoms with van der Waals surface area (Å²) in [4.78, 5) is 19.7. The van der Waals surface area contributed by atoms with Gasteiger partial charge < -0.3 is 15.0 Å². The quantitative estimate of drug-likeness (QED) is 0.732. The van der Waals surface area contributed by atoms with Crippen molar-refractivity contribution >= 4 is 40.1 Å². The second kappa shape index (κ2) is 7.58. The zero-order valence-corrected chi connectivity index (χ0v) is 15.4. The van der Waals surface area contributed by atoms with E-state index in [0.29, 0.717) is 28.5 Å². The molecule has 0 bridgehead atoms. The summed E-state index contributed by atoms with van der Waals surface area (Å²) in [6.07, 6.45) is 5.27. The van der Waals surface area contributed by atoms with Crippen LogP contribution < -0.4 is 10.2 Å². The molecule has 0 unspecified atom stereocenters. The molecule has 1 saturated heterocycles. The van der Waals surface area contributed by atoms with Gasteiger partial charge in [0, 0.05) is 25.9 Å². The molecule has 1 N–H and O–H groups in total. The molecule has 1 aliphatic heterocycles. The van der Waals surface area contributed by atoms with Gasteiger partial charge in [0.15, 0.2) is 5.82 Å². The van der Waals surface area contributed by atoms with E-state index in [1.165, 1.54) is 18.5 Å². The van der Waals surface area contributed by atoms with Crippen molar-refractivity contribution in [3.05, 3.63) is 41.6 Å². The summed E-state index contributed by atoms with van der Waals surface area (Å²) in [5.74, 6) is 0.670. The number of anilines is 3. The topological polar surface area (TPSA) is 76.1 Å². The van der Waals surface area contributed by atoms with Crippen molar-refractivity contribution in [3.63, 3.8) is 0 Å². The van der Waals surface area contributed by atoms with Crippen LogP contribution >= 0.6 is 11.6 Å². The van der Waals surface area contributed by atoms with E-state index in [1.54, 1.807) is 19.4 Å². The van der Waals surface area contributed by atoms with Gasteiger partial charge in [-0.15, -0.1) is 0 Å². The maximum atomic E-state index is 13.4. The minimum absolute atomic E-state index is 0.0368. The number of piperidine rings is 1. The second-order valence-electron chi connectivity index (χ2n) is 6.30. The summed E-state index contributed by atoms with van der Waals surface area (Å²) < 4.78 is 18.8. The molecule has 1 aromatic carbocycles. The maximum absolute atomic E-state index is 13.4. The van der Waals surface area contributed by atoms with E-state index in [-0.39, 0.29) is 11.1 Å². The summed E-state index contributed by atoms with van der Waals surface area (Å²) in [6.45, 7) is 1.65. The Balaban J connectivity index is 1.64. The van der Waals surface area contributed by atoms with Gasteiger partial charge in [0.1, 0.15) is 23.2 Å². The Morgan fingerprint density at radius 3 is 2.78 bits per heavy atom. The van der Waals surface area contributed by atoms with Crippen molar-refractivity contribution in [2.75, 3.05) is 30.4 Å². The average Bonchev–Trinajstić information content (AvgIpc) is 2.71. The van der Waals surface area contributed by atoms with Gasteiger partial charge in [0.2, 0.25) is 5.95 Å². The SMILES string of the molecule is COC1CCN(c2ncc3ncnc(Nc4ccc(F)c(Cl)c4)c3n2)CC1. The number of nitrogens with zero attached hydrogens (tertiary/aromatic N) is 5. The van der Waals surface area contributed by atoms with Gasteiger partial charge >= 0.3 is 0 Å². The van der Waals surface area contributed by atoms with E-state index in [9.17, 15) is 4.39 Å². The average molecular weight is 389 g/mol. The fourth-order valence-corrected chi connectivity index (χ4v) is 3.27. The summed E-state index contributed by atoms with van der Waals surface area (Å²) in [5, 5.41) is 3.17. The Morgan fingerprint density at radius 2 is 2.04 bits per heavy atom. The van der Waals surface area contributed by atoms with Crippen LogP contribution in [0.2, 0.25) is 5.02 Å². The Morgan fingerprint density at radius 1 is 1.22 bits per heavy atom. The highest BCUT2D eigenvalue weighted by molar-refractivity contribution is 6.31. The summed E-state index contributed by atoms with van der Waals surface area (Å²) >= 11 is 5.86. The van der Waals surface area contributed by atoms with E-state index < -0.39 is 5.82 Å². The smallest absolute Gasteiger partial charge is 0.226 e. The highest BCUT2D eigenvalue weighted by Crippen LogP contribution is 2.26. The number of nitrogens with one attached hydrogen (secondary N) is 1. The molecular weight excluding hydrogens is 371 g/mol. The largest absolute Gasteiger partial charge is 0.381 e. The second-order valence-corrected chi connectivity index (χ2v) is 6.71. The molecule has 0 spiro atoms. The van der Waals surface area contributed by atoms with Gasteiger partial charge in [-0.1, -0.05) is 11.6 Å². The van der Waals surface area contributed by atoms with Crippen LogP contribution in [0.4, 0.5) is 21.8 Å². The third kappa shape index (κ3) is 3.77. The van der Waals surface area contributed by atoms with Crippen LogP contribution in [0.15, 0.2) is 30.7 Å². The van der Waals surface area contributed by atoms with Crippen molar-refractivity contribution in [1.29, 1.82) is 0 Å². The minimum Gasteiger partial charge on any atom is -0.381 e. The van der Waals surface area contributed by atoms with Gasteiger partial charge in [-0.05, 0) is 31.0 Å². The number of hydrogen-bond donors (Lipinski definition) is 1. The minimum atomic E-state index is -0.473. The van der Waals surface area contributed by atoms with Crippen LogP contribution in [0.25, 0.3) is 11.0 Å². The molecule has 4 rings (SSSR count). The molecule has 3 aromatic rings. The first-order valence-corrected chi connectivity index (χ1v) is 8.99. The molecule has 1 fully saturated rings. The molecule has 7 nitrogen and oxygen atoms in total. The fraction of sp³-hybridized carbons (Fsp3) is 0.333. The normalized spacial score (nSPS) is 15.3. The standard InChI is InChI=1S/C18H18ClFN6O/c1-27-12-4-6-26(7-5-12)18-21-9-15-16(25-18)17(23-10-22-15)24-11-2-3-14(20)13(19)8-11/h2-3,8-10,12H,4-7H2,1H3,(H,22,23,24). The van der Waals surface area contributed by atoms with Gasteiger partial charge in [-0.2, -0.15) is 0 Å². The predicted octanol–water partition coefficient (Wildman–Crippen LogP) is 3.57. The maximum Gasteiger partial charge on any atom is 0.226 e. The van der Waals surface area contributed by atoms with Gasteiger partial charge in [0.05, 0.1) is 17.3 Å². The number of methoxy groups -OCH3 is 1. The van der Waals surface area contributed by atoms with Crippen LogP contribution in [-0.2, 0) is 4.74 Å². The predicted molar refractivity (Wildman–Crippen MR) is 102 cm³/mol. The number of fused-ring (bicyclic) bond motifs is 1. The zero-order valence-electron chi connectivity index (χ0n) is 14.7. The molecular formula is C18H18ClFN6O. The van der Waals surface area contributed by atoms with Crippen LogP contribution in [-0.4, -0.2) is 46.2 Å². The molecule has 3 heterocycles. The number of aromatic nitrogens is 4. The van der Waals surface area contributed by atoms with Crippen molar-refractivity contribution in [3.8, 4) is 0 Å². The van der Waals surface area contributed by atoms with Crippen molar-refractivity contribution in [2.45, 2.75) is 18.9 Å². The lowest BCUT2D eigenvalue weighted by Gasteiger charge is -2.31. The van der Waals surface area contributed by atoms with E-state index in [1.807, 2.05) is 0 Å². The third-order valence-corrected chi connectivity index (χ3v) is 4.89. The molecule has 9 heteroatoms. The van der Waals surface area contributed by atoms with Gasteiger partial charge in [0.25, 0.3) is 0 Å². The van der Waals surface area contributed by atoms with Crippen molar-refractivity contribution < 1.29 is 9.13 Å². The highest BCUT2D eigenvalue weighted by atomic mass is 35.5. The van der Waals surface area contributed by atoms with Crippen molar-refractivity contribution in [1.82, 2.24) is 19.9 Å². The monoisotopic (exact) mass is 388 g/mol. The Kier molecular flexibility index (Phi) is 5.00. The third-order valence-electron chi connectivity index (χ3n) is 4.61. The number of halogens is 2. The molecule has 140 valence electrons. The Labute approximate surface area is 160 Å².